The maximum absolute atomic E-state index is 13.0. The largest absolute Gasteiger partial charge is 0.497 e. The molecule has 0 spiro atoms. The second-order valence-electron chi connectivity index (χ2n) is 7.96. The lowest BCUT2D eigenvalue weighted by molar-refractivity contribution is -0.122. The highest BCUT2D eigenvalue weighted by Gasteiger charge is 2.35. The predicted octanol–water partition coefficient (Wildman–Crippen LogP) is 4.25. The Bertz CT molecular complexity index is 1190. The van der Waals surface area contributed by atoms with E-state index in [1.165, 1.54) is 0 Å². The van der Waals surface area contributed by atoms with Gasteiger partial charge in [0.15, 0.2) is 0 Å². The predicted molar refractivity (Wildman–Crippen MR) is 128 cm³/mol. The van der Waals surface area contributed by atoms with Crippen molar-refractivity contribution in [1.82, 2.24) is 0 Å². The Morgan fingerprint density at radius 3 is 2.45 bits per heavy atom. The Kier molecular flexibility index (Phi) is 6.40. The van der Waals surface area contributed by atoms with Gasteiger partial charge in [-0.25, -0.2) is 0 Å². The Morgan fingerprint density at radius 2 is 1.73 bits per heavy atom. The minimum atomic E-state index is -0.504. The number of nitrogens with zero attached hydrogens (tertiary/aromatic N) is 1. The highest BCUT2D eigenvalue weighted by atomic mass is 16.5. The average molecular weight is 444 g/mol. The zero-order chi connectivity index (χ0) is 23.4. The van der Waals surface area contributed by atoms with Crippen LogP contribution in [0.1, 0.15) is 22.3 Å². The van der Waals surface area contributed by atoms with Crippen LogP contribution in [0.15, 0.2) is 72.8 Å². The molecular weight excluding hydrogens is 418 g/mol. The zero-order valence-electron chi connectivity index (χ0n) is 18.5. The third kappa shape index (κ3) is 5.03. The molecule has 1 heterocycles. The molecule has 0 saturated carbocycles. The van der Waals surface area contributed by atoms with Crippen LogP contribution in [0.5, 0.6) is 5.75 Å². The number of para-hydroxylation sites is 1. The number of ether oxygens (including phenoxy) is 1. The highest BCUT2D eigenvalue weighted by molar-refractivity contribution is 6.11. The first-order valence-corrected chi connectivity index (χ1v) is 10.7. The number of hydrogen-bond donors (Lipinski definition) is 2. The van der Waals surface area contributed by atoms with Gasteiger partial charge in [-0.05, 0) is 61.0 Å². The van der Waals surface area contributed by atoms with Gasteiger partial charge in [0, 0.05) is 24.3 Å². The minimum Gasteiger partial charge on any atom is -0.497 e. The number of hydrogen-bond acceptors (Lipinski definition) is 4. The molecule has 3 aromatic rings. The molecule has 3 aromatic carbocycles. The van der Waals surface area contributed by atoms with Crippen LogP contribution in [0.4, 0.5) is 17.1 Å². The zero-order valence-corrected chi connectivity index (χ0v) is 18.5. The molecule has 2 N–H and O–H groups in total. The van der Waals surface area contributed by atoms with Crippen molar-refractivity contribution in [1.29, 1.82) is 0 Å². The van der Waals surface area contributed by atoms with E-state index < -0.39 is 5.92 Å². The van der Waals surface area contributed by atoms with Crippen LogP contribution in [-0.2, 0) is 9.59 Å². The van der Waals surface area contributed by atoms with Gasteiger partial charge in [-0.1, -0.05) is 24.3 Å². The summed E-state index contributed by atoms with van der Waals surface area (Å²) in [5.41, 5.74) is 3.17. The number of benzene rings is 3. The van der Waals surface area contributed by atoms with E-state index >= 15 is 0 Å². The first-order valence-electron chi connectivity index (χ1n) is 10.7. The van der Waals surface area contributed by atoms with Crippen molar-refractivity contribution in [3.05, 3.63) is 83.9 Å². The number of amides is 3. The quantitative estimate of drug-likeness (QED) is 0.596. The molecule has 1 fully saturated rings. The van der Waals surface area contributed by atoms with Gasteiger partial charge in [0.1, 0.15) is 5.75 Å². The molecule has 0 aromatic heterocycles. The summed E-state index contributed by atoms with van der Waals surface area (Å²) < 4.78 is 5.13. The fraction of sp³-hybridized carbons (Fsp3) is 0.192. The smallest absolute Gasteiger partial charge is 0.257 e. The number of carbonyl (C=O) groups excluding carboxylic acids is 3. The van der Waals surface area contributed by atoms with Gasteiger partial charge >= 0.3 is 0 Å². The SMILES string of the molecule is COc1ccc(NC(=O)c2ccccc2NC(=O)C2CC(=O)N(c3cccc(C)c3)C2)cc1. The van der Waals surface area contributed by atoms with Gasteiger partial charge in [-0.15, -0.1) is 0 Å². The van der Waals surface area contributed by atoms with Crippen LogP contribution < -0.4 is 20.3 Å². The van der Waals surface area contributed by atoms with E-state index in [9.17, 15) is 14.4 Å². The lowest BCUT2D eigenvalue weighted by Gasteiger charge is -2.17. The molecule has 168 valence electrons. The third-order valence-corrected chi connectivity index (χ3v) is 5.59. The van der Waals surface area contributed by atoms with Gasteiger partial charge in [0.25, 0.3) is 5.91 Å². The monoisotopic (exact) mass is 443 g/mol. The van der Waals surface area contributed by atoms with Crippen molar-refractivity contribution in [2.75, 3.05) is 29.2 Å². The summed E-state index contributed by atoms with van der Waals surface area (Å²) in [6.45, 7) is 2.26. The van der Waals surface area contributed by atoms with Crippen molar-refractivity contribution in [3.63, 3.8) is 0 Å². The average Bonchev–Trinajstić information content (AvgIpc) is 3.21. The molecule has 4 rings (SSSR count). The molecule has 1 atom stereocenters. The van der Waals surface area contributed by atoms with Crippen LogP contribution in [0.3, 0.4) is 0 Å². The first-order chi connectivity index (χ1) is 15.9. The minimum absolute atomic E-state index is 0.0914. The Balaban J connectivity index is 1.45. The van der Waals surface area contributed by atoms with E-state index in [-0.39, 0.29) is 24.1 Å². The maximum atomic E-state index is 13.0. The second-order valence-corrected chi connectivity index (χ2v) is 7.96. The molecular formula is C26H25N3O4. The van der Waals surface area contributed by atoms with Gasteiger partial charge in [-0.2, -0.15) is 0 Å². The molecule has 7 nitrogen and oxygen atoms in total. The molecule has 7 heteroatoms. The molecule has 3 amide bonds. The van der Waals surface area contributed by atoms with Crippen LogP contribution in [-0.4, -0.2) is 31.4 Å². The molecule has 1 unspecified atom stereocenters. The number of carbonyl (C=O) groups is 3. The number of methoxy groups -OCH3 is 1. The van der Waals surface area contributed by atoms with Gasteiger partial charge in [0.05, 0.1) is 24.3 Å². The summed E-state index contributed by atoms with van der Waals surface area (Å²) >= 11 is 0. The number of nitrogens with one attached hydrogen (secondary N) is 2. The molecule has 1 aliphatic rings. The standard InChI is InChI=1S/C26H25N3O4/c1-17-6-5-7-20(14-17)29-16-18(15-24(29)30)25(31)28-23-9-4-3-8-22(23)26(32)27-19-10-12-21(33-2)13-11-19/h3-14,18H,15-16H2,1-2H3,(H,27,32)(H,28,31). The molecule has 1 saturated heterocycles. The van der Waals surface area contributed by atoms with Crippen LogP contribution in [0, 0.1) is 12.8 Å². The Labute approximate surface area is 192 Å². The van der Waals surface area contributed by atoms with Crippen LogP contribution in [0.2, 0.25) is 0 Å². The summed E-state index contributed by atoms with van der Waals surface area (Å²) in [5.74, 6) is -0.545. The van der Waals surface area contributed by atoms with Crippen LogP contribution in [0.25, 0.3) is 0 Å². The van der Waals surface area contributed by atoms with E-state index in [0.717, 1.165) is 11.3 Å². The van der Waals surface area contributed by atoms with Crippen molar-refractivity contribution in [3.8, 4) is 5.75 Å². The molecule has 0 aliphatic carbocycles. The lowest BCUT2D eigenvalue weighted by atomic mass is 10.1. The molecule has 0 radical (unpaired) electrons. The summed E-state index contributed by atoms with van der Waals surface area (Å²) in [7, 11) is 1.57. The van der Waals surface area contributed by atoms with Crippen molar-refractivity contribution in [2.24, 2.45) is 5.92 Å². The van der Waals surface area contributed by atoms with Crippen molar-refractivity contribution in [2.45, 2.75) is 13.3 Å². The number of rotatable bonds is 6. The van der Waals surface area contributed by atoms with E-state index in [4.69, 9.17) is 4.74 Å². The summed E-state index contributed by atoms with van der Waals surface area (Å²) in [4.78, 5) is 40.0. The molecule has 33 heavy (non-hydrogen) atoms. The topological polar surface area (TPSA) is 87.7 Å². The maximum Gasteiger partial charge on any atom is 0.257 e. The van der Waals surface area contributed by atoms with E-state index in [1.807, 2.05) is 31.2 Å². The molecule has 1 aliphatic heterocycles. The highest BCUT2D eigenvalue weighted by Crippen LogP contribution is 2.27. The van der Waals surface area contributed by atoms with E-state index in [0.29, 0.717) is 29.2 Å². The first kappa shape index (κ1) is 22.1. The Hall–Kier alpha value is -4.13. The number of aryl methyl sites for hydroxylation is 1. The summed E-state index contributed by atoms with van der Waals surface area (Å²) in [6.07, 6.45) is 0.125. The summed E-state index contributed by atoms with van der Waals surface area (Å²) in [6, 6.07) is 21.4. The lowest BCUT2D eigenvalue weighted by Crippen LogP contribution is -2.28. The normalized spacial score (nSPS) is 15.3. The van der Waals surface area contributed by atoms with Gasteiger partial charge in [-0.3, -0.25) is 14.4 Å². The van der Waals surface area contributed by atoms with Crippen molar-refractivity contribution >= 4 is 34.8 Å². The van der Waals surface area contributed by atoms with E-state index in [2.05, 4.69) is 10.6 Å². The third-order valence-electron chi connectivity index (χ3n) is 5.59. The molecule has 0 bridgehead atoms. The second kappa shape index (κ2) is 9.56. The van der Waals surface area contributed by atoms with Gasteiger partial charge < -0.3 is 20.3 Å². The fourth-order valence-electron chi connectivity index (χ4n) is 3.83. The van der Waals surface area contributed by atoms with Gasteiger partial charge in [0.2, 0.25) is 11.8 Å². The Morgan fingerprint density at radius 1 is 0.970 bits per heavy atom. The fourth-order valence-corrected chi connectivity index (χ4v) is 3.83. The summed E-state index contributed by atoms with van der Waals surface area (Å²) in [5, 5.41) is 5.67. The van der Waals surface area contributed by atoms with Crippen LogP contribution >= 0.6 is 0 Å². The number of anilines is 3. The van der Waals surface area contributed by atoms with Crippen molar-refractivity contribution < 1.29 is 19.1 Å². The van der Waals surface area contributed by atoms with E-state index in [1.54, 1.807) is 60.5 Å².